The summed E-state index contributed by atoms with van der Waals surface area (Å²) in [4.78, 5) is 54.6. The minimum Gasteiger partial charge on any atom is -0.473 e. The van der Waals surface area contributed by atoms with Crippen molar-refractivity contribution in [3.05, 3.63) is 0 Å². The van der Waals surface area contributed by atoms with E-state index in [1.54, 1.807) is 0 Å². The number of esters is 3. The monoisotopic (exact) mass is 492 g/mol. The number of hydrogen-bond acceptors (Lipinski definition) is 9. The van der Waals surface area contributed by atoms with Crippen LogP contribution >= 0.6 is 0 Å². The lowest BCUT2D eigenvalue weighted by Crippen LogP contribution is -2.45. The van der Waals surface area contributed by atoms with E-state index in [1.807, 2.05) is 20.8 Å². The van der Waals surface area contributed by atoms with Crippen LogP contribution in [0.4, 0.5) is 0 Å². The van der Waals surface area contributed by atoms with E-state index in [-0.39, 0.29) is 19.8 Å². The van der Waals surface area contributed by atoms with Crippen LogP contribution in [0.15, 0.2) is 0 Å². The van der Waals surface area contributed by atoms with E-state index < -0.39 is 48.3 Å². The van der Waals surface area contributed by atoms with Crippen molar-refractivity contribution in [2.24, 2.45) is 0 Å². The van der Waals surface area contributed by atoms with Crippen molar-refractivity contribution >= 4 is 29.8 Å². The highest BCUT2D eigenvalue weighted by atomic mass is 16.6. The van der Waals surface area contributed by atoms with Gasteiger partial charge in [-0.05, 0) is 19.3 Å². The molecule has 0 radical (unpaired) electrons. The maximum absolute atomic E-state index is 12.4. The Morgan fingerprint density at radius 3 is 1.21 bits per heavy atom. The lowest BCUT2D eigenvalue weighted by Gasteiger charge is -2.24. The Morgan fingerprint density at radius 2 is 0.912 bits per heavy atom. The zero-order valence-corrected chi connectivity index (χ0v) is 20.5. The molecule has 0 rings (SSSR count). The molecule has 3 N–H and O–H groups in total. The molecule has 0 fully saturated rings. The SMILES string of the molecule is CCCCCOC(=O)CC(O)(CC(=O)OCCCCC)C(=O)OCCCCC.O=C(O)C(=O)O. The van der Waals surface area contributed by atoms with Gasteiger partial charge in [-0.25, -0.2) is 14.4 Å². The van der Waals surface area contributed by atoms with Crippen LogP contribution in [-0.2, 0) is 38.2 Å². The molecule has 0 aliphatic carbocycles. The van der Waals surface area contributed by atoms with Gasteiger partial charge in [-0.15, -0.1) is 0 Å². The van der Waals surface area contributed by atoms with E-state index in [9.17, 15) is 19.5 Å². The first-order chi connectivity index (χ1) is 16.0. The zero-order valence-electron chi connectivity index (χ0n) is 20.5. The number of rotatable bonds is 17. The molecule has 0 atom stereocenters. The largest absolute Gasteiger partial charge is 0.473 e. The maximum Gasteiger partial charge on any atom is 0.414 e. The number of carboxylic acid groups (broad SMARTS) is 2. The molecule has 0 heterocycles. The molecule has 0 spiro atoms. The highest BCUT2D eigenvalue weighted by molar-refractivity contribution is 6.27. The summed E-state index contributed by atoms with van der Waals surface area (Å²) in [6, 6.07) is 0. The quantitative estimate of drug-likeness (QED) is 0.118. The molecule has 0 aliphatic rings. The Hall–Kier alpha value is -2.69. The number of aliphatic carboxylic acids is 2. The standard InChI is InChI=1S/C21H38O7.C2H2O4/c1-4-7-10-13-26-18(22)16-21(25,20(24)28-15-12-9-6-3)17-19(23)27-14-11-8-5-2;3-1(4)2(5)6/h25H,4-17H2,1-3H3;(H,3,4)(H,5,6). The maximum atomic E-state index is 12.4. The lowest BCUT2D eigenvalue weighted by atomic mass is 9.95. The fraction of sp³-hybridized carbons (Fsp3) is 0.783. The van der Waals surface area contributed by atoms with E-state index in [4.69, 9.17) is 34.0 Å². The van der Waals surface area contributed by atoms with Crippen molar-refractivity contribution in [2.75, 3.05) is 19.8 Å². The van der Waals surface area contributed by atoms with Crippen LogP contribution in [-0.4, -0.2) is 70.6 Å². The van der Waals surface area contributed by atoms with Crippen LogP contribution in [0.5, 0.6) is 0 Å². The fourth-order valence-corrected chi connectivity index (χ4v) is 2.51. The van der Waals surface area contributed by atoms with Gasteiger partial charge in [0, 0.05) is 0 Å². The molecule has 0 aromatic heterocycles. The summed E-state index contributed by atoms with van der Waals surface area (Å²) in [6.45, 7) is 6.64. The molecule has 0 saturated heterocycles. The summed E-state index contributed by atoms with van der Waals surface area (Å²) in [5.41, 5.74) is -2.27. The van der Waals surface area contributed by atoms with Gasteiger partial charge >= 0.3 is 29.8 Å². The fourth-order valence-electron chi connectivity index (χ4n) is 2.51. The average Bonchev–Trinajstić information content (AvgIpc) is 2.77. The Kier molecular flexibility index (Phi) is 20.6. The van der Waals surface area contributed by atoms with E-state index in [0.29, 0.717) is 19.3 Å². The number of aliphatic hydroxyl groups is 1. The summed E-state index contributed by atoms with van der Waals surface area (Å²) in [5.74, 6) is -6.10. The van der Waals surface area contributed by atoms with Gasteiger partial charge in [-0.2, -0.15) is 0 Å². The second kappa shape index (κ2) is 20.9. The van der Waals surface area contributed by atoms with Crippen molar-refractivity contribution in [1.82, 2.24) is 0 Å². The summed E-state index contributed by atoms with van der Waals surface area (Å²) in [7, 11) is 0. The summed E-state index contributed by atoms with van der Waals surface area (Å²) < 4.78 is 15.2. The smallest absolute Gasteiger partial charge is 0.414 e. The third kappa shape index (κ3) is 18.8. The highest BCUT2D eigenvalue weighted by Crippen LogP contribution is 2.20. The minimum absolute atomic E-state index is 0.131. The van der Waals surface area contributed by atoms with E-state index >= 15 is 0 Å². The van der Waals surface area contributed by atoms with Crippen LogP contribution in [0.25, 0.3) is 0 Å². The third-order valence-electron chi connectivity index (χ3n) is 4.44. The molecular weight excluding hydrogens is 452 g/mol. The molecule has 0 bridgehead atoms. The van der Waals surface area contributed by atoms with Crippen molar-refractivity contribution in [2.45, 2.75) is 97.0 Å². The number of carbonyl (C=O) groups is 5. The Bertz CT molecular complexity index is 578. The second-order valence-corrected chi connectivity index (χ2v) is 7.69. The summed E-state index contributed by atoms with van der Waals surface area (Å²) in [6.07, 6.45) is 6.45. The van der Waals surface area contributed by atoms with Gasteiger partial charge in [0.15, 0.2) is 5.60 Å². The second-order valence-electron chi connectivity index (χ2n) is 7.69. The predicted molar refractivity (Wildman–Crippen MR) is 121 cm³/mol. The first-order valence-electron chi connectivity index (χ1n) is 11.7. The van der Waals surface area contributed by atoms with Crippen molar-refractivity contribution in [3.63, 3.8) is 0 Å². The topological polar surface area (TPSA) is 174 Å². The van der Waals surface area contributed by atoms with Crippen LogP contribution in [0.2, 0.25) is 0 Å². The van der Waals surface area contributed by atoms with E-state index in [2.05, 4.69) is 0 Å². The Balaban J connectivity index is 0. The lowest BCUT2D eigenvalue weighted by molar-refractivity contribution is -0.178. The van der Waals surface area contributed by atoms with Gasteiger partial charge in [-0.3, -0.25) is 9.59 Å². The number of carbonyl (C=O) groups excluding carboxylic acids is 3. The van der Waals surface area contributed by atoms with Gasteiger partial charge < -0.3 is 29.5 Å². The van der Waals surface area contributed by atoms with E-state index in [0.717, 1.165) is 38.5 Å². The number of carboxylic acids is 2. The van der Waals surface area contributed by atoms with Crippen LogP contribution in [0, 0.1) is 0 Å². The molecular formula is C23H40O11. The van der Waals surface area contributed by atoms with Gasteiger partial charge in [0.25, 0.3) is 0 Å². The average molecular weight is 493 g/mol. The molecule has 11 nitrogen and oxygen atoms in total. The zero-order chi connectivity index (χ0) is 26.4. The normalized spacial score (nSPS) is 10.5. The molecule has 0 amide bonds. The van der Waals surface area contributed by atoms with Crippen LogP contribution < -0.4 is 0 Å². The highest BCUT2D eigenvalue weighted by Gasteiger charge is 2.43. The predicted octanol–water partition coefficient (Wildman–Crippen LogP) is 2.85. The minimum atomic E-state index is -2.27. The number of unbranched alkanes of at least 4 members (excludes halogenated alkanes) is 6. The molecule has 0 unspecified atom stereocenters. The van der Waals surface area contributed by atoms with Gasteiger partial charge in [0.2, 0.25) is 0 Å². The molecule has 0 aromatic rings. The molecule has 11 heteroatoms. The Labute approximate surface area is 200 Å². The number of hydrogen-bond donors (Lipinski definition) is 3. The van der Waals surface area contributed by atoms with Crippen LogP contribution in [0.1, 0.15) is 91.4 Å². The molecule has 0 saturated carbocycles. The summed E-state index contributed by atoms with van der Waals surface area (Å²) in [5, 5.41) is 25.5. The van der Waals surface area contributed by atoms with Gasteiger partial charge in [0.05, 0.1) is 32.7 Å². The van der Waals surface area contributed by atoms with E-state index in [1.165, 1.54) is 0 Å². The third-order valence-corrected chi connectivity index (χ3v) is 4.44. The molecule has 34 heavy (non-hydrogen) atoms. The first-order valence-corrected chi connectivity index (χ1v) is 11.7. The van der Waals surface area contributed by atoms with Crippen LogP contribution in [0.3, 0.4) is 0 Å². The van der Waals surface area contributed by atoms with Crippen molar-refractivity contribution < 1.29 is 53.5 Å². The molecule has 0 aromatic carbocycles. The van der Waals surface area contributed by atoms with Gasteiger partial charge in [-0.1, -0.05) is 59.3 Å². The number of ether oxygens (including phenoxy) is 3. The first kappa shape index (κ1) is 33.5. The van der Waals surface area contributed by atoms with Crippen molar-refractivity contribution in [3.8, 4) is 0 Å². The Morgan fingerprint density at radius 1 is 0.588 bits per heavy atom. The van der Waals surface area contributed by atoms with Gasteiger partial charge in [0.1, 0.15) is 0 Å². The molecule has 0 aliphatic heterocycles. The van der Waals surface area contributed by atoms with Crippen molar-refractivity contribution in [1.29, 1.82) is 0 Å². The summed E-state index contributed by atoms with van der Waals surface area (Å²) >= 11 is 0. The molecule has 198 valence electrons.